The number of rotatable bonds is 4. The summed E-state index contributed by atoms with van der Waals surface area (Å²) in [5.74, 6) is 0.502. The van der Waals surface area contributed by atoms with Crippen molar-refractivity contribution in [3.63, 3.8) is 0 Å². The van der Waals surface area contributed by atoms with E-state index in [-0.39, 0.29) is 6.09 Å². The minimum atomic E-state index is -0.0855. The zero-order chi connectivity index (χ0) is 12.1. The third-order valence-corrected chi connectivity index (χ3v) is 3.95. The first-order valence-electron chi connectivity index (χ1n) is 6.89. The molecule has 0 aromatic carbocycles. The Hall–Kier alpha value is -0.770. The highest BCUT2D eigenvalue weighted by Gasteiger charge is 2.32. The van der Waals surface area contributed by atoms with Gasteiger partial charge in [-0.2, -0.15) is 0 Å². The van der Waals surface area contributed by atoms with Crippen molar-refractivity contribution >= 4 is 6.09 Å². The van der Waals surface area contributed by atoms with Gasteiger partial charge in [-0.15, -0.1) is 0 Å². The number of ether oxygens (including phenoxy) is 1. The third-order valence-electron chi connectivity index (χ3n) is 3.95. The first kappa shape index (κ1) is 12.7. The fourth-order valence-electron chi connectivity index (χ4n) is 2.89. The van der Waals surface area contributed by atoms with E-state index in [1.54, 1.807) is 0 Å². The van der Waals surface area contributed by atoms with E-state index >= 15 is 0 Å². The van der Waals surface area contributed by atoms with E-state index in [0.29, 0.717) is 18.6 Å². The number of nitrogens with zero attached hydrogens (tertiary/aromatic N) is 1. The number of cyclic esters (lactones) is 1. The Kier molecular flexibility index (Phi) is 4.66. The number of amides is 1. The molecule has 1 heterocycles. The van der Waals surface area contributed by atoms with Crippen LogP contribution in [-0.2, 0) is 4.74 Å². The van der Waals surface area contributed by atoms with E-state index in [1.807, 2.05) is 11.9 Å². The molecule has 4 heteroatoms. The molecule has 1 atom stereocenters. The lowest BCUT2D eigenvalue weighted by Crippen LogP contribution is -2.49. The van der Waals surface area contributed by atoms with Crippen molar-refractivity contribution in [1.82, 2.24) is 10.2 Å². The van der Waals surface area contributed by atoms with Gasteiger partial charge in [-0.25, -0.2) is 4.79 Å². The summed E-state index contributed by atoms with van der Waals surface area (Å²) in [7, 11) is 1.97. The second-order valence-electron chi connectivity index (χ2n) is 5.28. The van der Waals surface area contributed by atoms with Crippen molar-refractivity contribution in [2.75, 3.05) is 26.7 Å². The molecule has 0 bridgehead atoms. The Bertz CT molecular complexity index is 252. The molecule has 2 aliphatic rings. The molecule has 0 spiro atoms. The molecule has 2 fully saturated rings. The maximum absolute atomic E-state index is 11.8. The fraction of sp³-hybridized carbons (Fsp3) is 0.923. The number of hydrogen-bond donors (Lipinski definition) is 1. The molecule has 0 aromatic rings. The Labute approximate surface area is 104 Å². The van der Waals surface area contributed by atoms with Crippen LogP contribution in [0.4, 0.5) is 4.79 Å². The molecule has 1 saturated heterocycles. The molecule has 1 unspecified atom stereocenters. The average Bonchev–Trinajstić information content (AvgIpc) is 2.39. The lowest BCUT2D eigenvalue weighted by atomic mass is 9.93. The zero-order valence-electron chi connectivity index (χ0n) is 10.8. The Morgan fingerprint density at radius 1 is 1.35 bits per heavy atom. The zero-order valence-corrected chi connectivity index (χ0v) is 10.8. The molecule has 0 aromatic heterocycles. The Morgan fingerprint density at radius 2 is 2.12 bits per heavy atom. The van der Waals surface area contributed by atoms with Crippen LogP contribution in [0.25, 0.3) is 0 Å². The molecule has 17 heavy (non-hydrogen) atoms. The van der Waals surface area contributed by atoms with Gasteiger partial charge in [0.1, 0.15) is 0 Å². The highest BCUT2D eigenvalue weighted by Crippen LogP contribution is 2.26. The summed E-state index contributed by atoms with van der Waals surface area (Å²) in [5.41, 5.74) is 0. The van der Waals surface area contributed by atoms with E-state index < -0.39 is 0 Å². The number of carbonyl (C=O) groups excluding carboxylic acids is 1. The third kappa shape index (κ3) is 3.35. The fourth-order valence-corrected chi connectivity index (χ4v) is 2.89. The molecule has 1 aliphatic heterocycles. The molecule has 4 nitrogen and oxygen atoms in total. The normalized spacial score (nSPS) is 27.0. The van der Waals surface area contributed by atoms with Crippen LogP contribution in [0.3, 0.4) is 0 Å². The van der Waals surface area contributed by atoms with Crippen LogP contribution in [-0.4, -0.2) is 43.8 Å². The quantitative estimate of drug-likeness (QED) is 0.817. The summed E-state index contributed by atoms with van der Waals surface area (Å²) in [4.78, 5) is 13.8. The highest BCUT2D eigenvalue weighted by atomic mass is 16.6. The van der Waals surface area contributed by atoms with Crippen molar-refractivity contribution < 1.29 is 9.53 Å². The van der Waals surface area contributed by atoms with Crippen LogP contribution < -0.4 is 5.32 Å². The minimum absolute atomic E-state index is 0.0855. The predicted octanol–water partition coefficient (Wildman–Crippen LogP) is 2.00. The van der Waals surface area contributed by atoms with Gasteiger partial charge in [-0.05, 0) is 32.9 Å². The largest absolute Gasteiger partial charge is 0.449 e. The van der Waals surface area contributed by atoms with E-state index in [0.717, 1.165) is 32.4 Å². The smallest absolute Gasteiger partial charge is 0.410 e. The van der Waals surface area contributed by atoms with Crippen LogP contribution in [0.5, 0.6) is 0 Å². The summed E-state index contributed by atoms with van der Waals surface area (Å²) in [6.07, 6.45) is 7.17. The molecule has 1 saturated carbocycles. The van der Waals surface area contributed by atoms with E-state index in [1.165, 1.54) is 19.3 Å². The van der Waals surface area contributed by atoms with Crippen LogP contribution in [0.2, 0.25) is 0 Å². The van der Waals surface area contributed by atoms with Gasteiger partial charge < -0.3 is 15.0 Å². The molecule has 2 rings (SSSR count). The number of hydrogen-bond acceptors (Lipinski definition) is 3. The van der Waals surface area contributed by atoms with Crippen LogP contribution in [0.1, 0.15) is 38.5 Å². The van der Waals surface area contributed by atoms with Gasteiger partial charge in [0.25, 0.3) is 0 Å². The summed E-state index contributed by atoms with van der Waals surface area (Å²) in [5, 5.41) is 3.16. The van der Waals surface area contributed by atoms with Crippen LogP contribution in [0.15, 0.2) is 0 Å². The van der Waals surface area contributed by atoms with Crippen molar-refractivity contribution in [2.45, 2.75) is 44.6 Å². The first-order chi connectivity index (χ1) is 8.31. The average molecular weight is 240 g/mol. The Morgan fingerprint density at radius 3 is 2.82 bits per heavy atom. The van der Waals surface area contributed by atoms with Crippen molar-refractivity contribution in [3.8, 4) is 0 Å². The van der Waals surface area contributed by atoms with E-state index in [4.69, 9.17) is 4.74 Å². The lowest BCUT2D eigenvalue weighted by molar-refractivity contribution is 0.0174. The van der Waals surface area contributed by atoms with Crippen LogP contribution >= 0.6 is 0 Å². The van der Waals surface area contributed by atoms with Crippen molar-refractivity contribution in [3.05, 3.63) is 0 Å². The predicted molar refractivity (Wildman–Crippen MR) is 67.0 cm³/mol. The standard InChI is InChI=1S/C13H24N2O2/c1-14-8-7-11-9-15(13(16)17-10-11)12-5-3-2-4-6-12/h11-12,14H,2-10H2,1H3. The van der Waals surface area contributed by atoms with E-state index in [9.17, 15) is 4.79 Å². The topological polar surface area (TPSA) is 41.6 Å². The maximum atomic E-state index is 11.8. The van der Waals surface area contributed by atoms with Gasteiger partial charge in [0.15, 0.2) is 0 Å². The number of nitrogens with one attached hydrogen (secondary N) is 1. The summed E-state index contributed by atoms with van der Waals surface area (Å²) in [6, 6.07) is 0.439. The van der Waals surface area contributed by atoms with Gasteiger partial charge in [0, 0.05) is 18.5 Å². The highest BCUT2D eigenvalue weighted by molar-refractivity contribution is 5.68. The summed E-state index contributed by atoms with van der Waals surface area (Å²) < 4.78 is 5.31. The van der Waals surface area contributed by atoms with Crippen LogP contribution in [0, 0.1) is 5.92 Å². The monoisotopic (exact) mass is 240 g/mol. The summed E-state index contributed by atoms with van der Waals surface area (Å²) in [6.45, 7) is 2.50. The molecular weight excluding hydrogens is 216 g/mol. The SMILES string of the molecule is CNCCC1COC(=O)N(C2CCCCC2)C1. The lowest BCUT2D eigenvalue weighted by Gasteiger charge is -2.39. The van der Waals surface area contributed by atoms with Gasteiger partial charge in [0.05, 0.1) is 6.61 Å². The van der Waals surface area contributed by atoms with Crippen molar-refractivity contribution in [2.24, 2.45) is 5.92 Å². The minimum Gasteiger partial charge on any atom is -0.449 e. The summed E-state index contributed by atoms with van der Waals surface area (Å²) >= 11 is 0. The second kappa shape index (κ2) is 6.24. The second-order valence-corrected chi connectivity index (χ2v) is 5.28. The molecule has 0 radical (unpaired) electrons. The van der Waals surface area contributed by atoms with Gasteiger partial charge in [-0.3, -0.25) is 0 Å². The maximum Gasteiger partial charge on any atom is 0.410 e. The van der Waals surface area contributed by atoms with Crippen molar-refractivity contribution in [1.29, 1.82) is 0 Å². The molecular formula is C13H24N2O2. The molecule has 1 N–H and O–H groups in total. The first-order valence-corrected chi connectivity index (χ1v) is 6.89. The molecule has 1 amide bonds. The molecule has 1 aliphatic carbocycles. The Balaban J connectivity index is 1.87. The van der Waals surface area contributed by atoms with Gasteiger partial charge in [-0.1, -0.05) is 19.3 Å². The van der Waals surface area contributed by atoms with Gasteiger partial charge >= 0.3 is 6.09 Å². The molecule has 98 valence electrons. The van der Waals surface area contributed by atoms with E-state index in [2.05, 4.69) is 5.32 Å². The van der Waals surface area contributed by atoms with Gasteiger partial charge in [0.2, 0.25) is 0 Å². The number of carbonyl (C=O) groups is 1.